The van der Waals surface area contributed by atoms with Gasteiger partial charge < -0.3 is 9.84 Å². The number of unbranched alkanes of at least 4 members (excludes halogenated alkanes) is 2. The van der Waals surface area contributed by atoms with Gasteiger partial charge in [-0.3, -0.25) is 0 Å². The molecular formula is C15H18Cl2O3. The largest absolute Gasteiger partial charge is 0.490 e. The summed E-state index contributed by atoms with van der Waals surface area (Å²) < 4.78 is 5.59. The van der Waals surface area contributed by atoms with Crippen molar-refractivity contribution in [3.05, 3.63) is 33.8 Å². The van der Waals surface area contributed by atoms with E-state index in [-0.39, 0.29) is 0 Å². The Morgan fingerprint density at radius 2 is 1.90 bits per heavy atom. The predicted molar refractivity (Wildman–Crippen MR) is 82.8 cm³/mol. The molecule has 1 N–H and O–H groups in total. The Morgan fingerprint density at radius 1 is 1.30 bits per heavy atom. The van der Waals surface area contributed by atoms with Gasteiger partial charge in [-0.1, -0.05) is 43.0 Å². The Labute approximate surface area is 129 Å². The average Bonchev–Trinajstić information content (AvgIpc) is 2.36. The van der Waals surface area contributed by atoms with Gasteiger partial charge in [0.25, 0.3) is 0 Å². The van der Waals surface area contributed by atoms with E-state index in [1.54, 1.807) is 19.1 Å². The summed E-state index contributed by atoms with van der Waals surface area (Å²) in [6.07, 6.45) is 4.27. The molecule has 0 aromatic heterocycles. The number of rotatable bonds is 7. The Balaban J connectivity index is 2.89. The molecule has 0 spiro atoms. The molecular weight excluding hydrogens is 299 g/mol. The summed E-state index contributed by atoms with van der Waals surface area (Å²) in [5, 5.41) is 9.52. The van der Waals surface area contributed by atoms with Crippen molar-refractivity contribution < 1.29 is 14.6 Å². The van der Waals surface area contributed by atoms with Gasteiger partial charge in [0.1, 0.15) is 0 Å². The summed E-state index contributed by atoms with van der Waals surface area (Å²) in [4.78, 5) is 10.7. The van der Waals surface area contributed by atoms with Crippen LogP contribution in [0.3, 0.4) is 0 Å². The lowest BCUT2D eigenvalue weighted by Crippen LogP contribution is -1.99. The highest BCUT2D eigenvalue weighted by molar-refractivity contribution is 6.37. The van der Waals surface area contributed by atoms with E-state index < -0.39 is 5.97 Å². The zero-order valence-corrected chi connectivity index (χ0v) is 13.1. The van der Waals surface area contributed by atoms with Gasteiger partial charge in [0.05, 0.1) is 16.7 Å². The Bertz CT molecular complexity index is 487. The molecule has 0 saturated carbocycles. The monoisotopic (exact) mass is 316 g/mol. The lowest BCUT2D eigenvalue weighted by atomic mass is 10.1. The number of carbonyl (C=O) groups is 1. The third kappa shape index (κ3) is 5.06. The van der Waals surface area contributed by atoms with Crippen molar-refractivity contribution in [2.45, 2.75) is 33.1 Å². The van der Waals surface area contributed by atoms with E-state index >= 15 is 0 Å². The summed E-state index contributed by atoms with van der Waals surface area (Å²) in [5.41, 5.74) is 1.25. The molecule has 0 unspecified atom stereocenters. The first-order chi connectivity index (χ1) is 9.45. The van der Waals surface area contributed by atoms with Gasteiger partial charge in [-0.15, -0.1) is 0 Å². The van der Waals surface area contributed by atoms with Crippen molar-refractivity contribution in [3.63, 3.8) is 0 Å². The minimum Gasteiger partial charge on any atom is -0.490 e. The van der Waals surface area contributed by atoms with Crippen molar-refractivity contribution in [3.8, 4) is 5.75 Å². The molecule has 5 heteroatoms. The number of hydrogen-bond donors (Lipinski definition) is 1. The van der Waals surface area contributed by atoms with Crippen LogP contribution in [-0.2, 0) is 4.79 Å². The van der Waals surface area contributed by atoms with E-state index in [2.05, 4.69) is 6.92 Å². The van der Waals surface area contributed by atoms with E-state index in [0.717, 1.165) is 25.3 Å². The first-order valence-corrected chi connectivity index (χ1v) is 7.24. The highest BCUT2D eigenvalue weighted by Gasteiger charge is 2.11. The van der Waals surface area contributed by atoms with Crippen LogP contribution in [0.15, 0.2) is 18.2 Å². The number of benzene rings is 1. The maximum absolute atomic E-state index is 10.7. The van der Waals surface area contributed by atoms with Crippen LogP contribution in [0.1, 0.15) is 38.7 Å². The van der Waals surface area contributed by atoms with Gasteiger partial charge in [0.15, 0.2) is 5.75 Å². The molecule has 0 bridgehead atoms. The molecule has 1 rings (SSSR count). The molecule has 3 nitrogen and oxygen atoms in total. The number of carboxylic acid groups (broad SMARTS) is 1. The Morgan fingerprint density at radius 3 is 2.40 bits per heavy atom. The molecule has 0 atom stereocenters. The molecule has 0 aliphatic carbocycles. The quantitative estimate of drug-likeness (QED) is 0.565. The number of halogens is 2. The summed E-state index contributed by atoms with van der Waals surface area (Å²) in [6, 6.07) is 3.33. The van der Waals surface area contributed by atoms with Crippen molar-refractivity contribution in [2.24, 2.45) is 0 Å². The normalized spacial score (nSPS) is 11.5. The van der Waals surface area contributed by atoms with Crippen LogP contribution in [0, 0.1) is 0 Å². The fourth-order valence-electron chi connectivity index (χ4n) is 1.72. The lowest BCUT2D eigenvalue weighted by molar-refractivity contribution is -0.131. The second-order valence-corrected chi connectivity index (χ2v) is 5.30. The number of hydrogen-bond acceptors (Lipinski definition) is 2. The highest BCUT2D eigenvalue weighted by atomic mass is 35.5. The van der Waals surface area contributed by atoms with E-state index in [1.165, 1.54) is 0 Å². The Hall–Kier alpha value is -1.19. The van der Waals surface area contributed by atoms with Crippen LogP contribution in [0.25, 0.3) is 5.57 Å². The summed E-state index contributed by atoms with van der Waals surface area (Å²) >= 11 is 12.3. The van der Waals surface area contributed by atoms with Crippen LogP contribution in [-0.4, -0.2) is 17.7 Å². The van der Waals surface area contributed by atoms with E-state index in [0.29, 0.717) is 33.5 Å². The average molecular weight is 317 g/mol. The van der Waals surface area contributed by atoms with Crippen molar-refractivity contribution in [2.75, 3.05) is 6.61 Å². The topological polar surface area (TPSA) is 46.5 Å². The van der Waals surface area contributed by atoms with Crippen molar-refractivity contribution in [1.82, 2.24) is 0 Å². The highest BCUT2D eigenvalue weighted by Crippen LogP contribution is 2.36. The van der Waals surface area contributed by atoms with E-state index in [1.807, 2.05) is 0 Å². The summed E-state index contributed by atoms with van der Waals surface area (Å²) in [7, 11) is 0. The summed E-state index contributed by atoms with van der Waals surface area (Å²) in [5.74, 6) is -0.550. The second kappa shape index (κ2) is 8.18. The molecule has 0 fully saturated rings. The Kier molecular flexibility index (Phi) is 6.89. The van der Waals surface area contributed by atoms with Gasteiger partial charge in [0, 0.05) is 6.08 Å². The minimum atomic E-state index is -1.00. The van der Waals surface area contributed by atoms with E-state index in [4.69, 9.17) is 33.0 Å². The standard InChI is InChI=1S/C15H18Cl2O3/c1-3-4-5-6-20-15-12(16)8-11(9-13(15)17)10(2)7-14(18)19/h7-9H,3-6H2,1-2H3,(H,18,19)/b10-7+. The zero-order chi connectivity index (χ0) is 15.1. The van der Waals surface area contributed by atoms with Gasteiger partial charge in [-0.2, -0.15) is 0 Å². The van der Waals surface area contributed by atoms with Crippen molar-refractivity contribution in [1.29, 1.82) is 0 Å². The zero-order valence-electron chi connectivity index (χ0n) is 11.6. The predicted octanol–water partition coefficient (Wildman–Crippen LogP) is 5.05. The molecule has 0 heterocycles. The molecule has 0 aliphatic heterocycles. The second-order valence-electron chi connectivity index (χ2n) is 4.49. The molecule has 110 valence electrons. The smallest absolute Gasteiger partial charge is 0.328 e. The van der Waals surface area contributed by atoms with Crippen LogP contribution in [0.5, 0.6) is 5.75 Å². The maximum Gasteiger partial charge on any atom is 0.328 e. The fourth-order valence-corrected chi connectivity index (χ4v) is 2.32. The molecule has 20 heavy (non-hydrogen) atoms. The van der Waals surface area contributed by atoms with Crippen molar-refractivity contribution >= 4 is 34.7 Å². The van der Waals surface area contributed by atoms with Gasteiger partial charge in [0.2, 0.25) is 0 Å². The SMILES string of the molecule is CCCCCOc1c(Cl)cc(/C(C)=C/C(=O)O)cc1Cl. The van der Waals surface area contributed by atoms with Crippen LogP contribution >= 0.6 is 23.2 Å². The van der Waals surface area contributed by atoms with Crippen LogP contribution in [0.4, 0.5) is 0 Å². The molecule has 0 aliphatic rings. The number of allylic oxidation sites excluding steroid dienone is 1. The van der Waals surface area contributed by atoms with Crippen LogP contribution < -0.4 is 4.74 Å². The van der Waals surface area contributed by atoms with Gasteiger partial charge >= 0.3 is 5.97 Å². The third-order valence-corrected chi connectivity index (χ3v) is 3.35. The number of ether oxygens (including phenoxy) is 1. The van der Waals surface area contributed by atoms with Gasteiger partial charge in [-0.25, -0.2) is 4.79 Å². The first kappa shape index (κ1) is 16.9. The minimum absolute atomic E-state index is 0.391. The molecule has 1 aromatic rings. The molecule has 0 amide bonds. The number of aliphatic carboxylic acids is 1. The molecule has 1 aromatic carbocycles. The number of carboxylic acids is 1. The van der Waals surface area contributed by atoms with Gasteiger partial charge in [-0.05, 0) is 36.6 Å². The molecule has 0 saturated heterocycles. The lowest BCUT2D eigenvalue weighted by Gasteiger charge is -2.12. The first-order valence-electron chi connectivity index (χ1n) is 6.49. The maximum atomic E-state index is 10.7. The summed E-state index contributed by atoms with van der Waals surface area (Å²) in [6.45, 7) is 4.38. The third-order valence-electron chi connectivity index (χ3n) is 2.79. The van der Waals surface area contributed by atoms with E-state index in [9.17, 15) is 4.79 Å². The fraction of sp³-hybridized carbons (Fsp3) is 0.400. The van der Waals surface area contributed by atoms with Crippen LogP contribution in [0.2, 0.25) is 10.0 Å². The molecule has 0 radical (unpaired) electrons.